The first-order valence-corrected chi connectivity index (χ1v) is 3.27. The fourth-order valence-corrected chi connectivity index (χ4v) is 0.274. The van der Waals surface area contributed by atoms with E-state index in [0.717, 1.165) is 6.04 Å². The smallest absolute Gasteiger partial charge is 0.160 e. The summed E-state index contributed by atoms with van der Waals surface area (Å²) in [4.78, 5) is 8.13. The lowest BCUT2D eigenvalue weighted by atomic mass is 10.8. The number of hydrogen-bond acceptors (Lipinski definition) is 1. The predicted molar refractivity (Wildman–Crippen MR) is 31.5 cm³/mol. The van der Waals surface area contributed by atoms with Gasteiger partial charge >= 0.3 is 0 Å². The molecule has 0 aliphatic rings. The second-order valence-electron chi connectivity index (χ2n) is 0.801. The van der Waals surface area contributed by atoms with Crippen LogP contribution in [0.5, 0.6) is 0 Å². The zero-order valence-electron chi connectivity index (χ0n) is 3.72. The van der Waals surface area contributed by atoms with Crippen molar-refractivity contribution in [3.63, 3.8) is 0 Å². The Kier molecular flexibility index (Phi) is 14.6. The van der Waals surface area contributed by atoms with Gasteiger partial charge in [0.15, 0.2) is 9.76 Å². The molecule has 0 fully saturated rings. The number of allylic oxidation sites excluding steroid dienone is 1. The zero-order valence-corrected chi connectivity index (χ0v) is 6.29. The Morgan fingerprint density at radius 1 is 1.83 bits per heavy atom. The molecule has 0 bridgehead atoms. The highest BCUT2D eigenvalue weighted by atomic mass is 28.2. The molecule has 0 aromatic rings. The van der Waals surface area contributed by atoms with Gasteiger partial charge in [0.05, 0.1) is 0 Å². The Morgan fingerprint density at radius 3 is 2.33 bits per heavy atom. The Balaban J connectivity index is 0. The summed E-state index contributed by atoms with van der Waals surface area (Å²) in [6, 6.07) is 0.847. The van der Waals surface area contributed by atoms with E-state index in [9.17, 15) is 0 Å². The molecule has 1 nitrogen and oxygen atoms in total. The molecular formula is C3H8AlOSi. The van der Waals surface area contributed by atoms with Crippen LogP contribution in [0.3, 0.4) is 0 Å². The van der Waals surface area contributed by atoms with E-state index in [1.54, 1.807) is 6.08 Å². The van der Waals surface area contributed by atoms with E-state index in [2.05, 4.69) is 6.58 Å². The molecule has 0 unspecified atom stereocenters. The van der Waals surface area contributed by atoms with Gasteiger partial charge in [-0.15, -0.1) is 6.58 Å². The van der Waals surface area contributed by atoms with E-state index < -0.39 is 9.76 Å². The Bertz CT molecular complexity index is 32.0. The average molecular weight is 115 g/mol. The second-order valence-corrected chi connectivity index (χ2v) is 1.83. The molecule has 0 aromatic heterocycles. The van der Waals surface area contributed by atoms with Gasteiger partial charge in [-0.3, -0.25) is 0 Å². The van der Waals surface area contributed by atoms with Crippen molar-refractivity contribution in [3.05, 3.63) is 12.7 Å². The van der Waals surface area contributed by atoms with E-state index >= 15 is 0 Å². The molecule has 0 spiro atoms. The predicted octanol–water partition coefficient (Wildman–Crippen LogP) is -0.714. The van der Waals surface area contributed by atoms with Gasteiger partial charge in [0.25, 0.3) is 0 Å². The van der Waals surface area contributed by atoms with Crippen molar-refractivity contribution in [2.24, 2.45) is 0 Å². The Hall–Kier alpha value is 0.449. The van der Waals surface area contributed by atoms with Crippen LogP contribution in [-0.2, 0) is 0 Å². The first kappa shape index (κ1) is 9.67. The summed E-state index contributed by atoms with van der Waals surface area (Å²) >= 11 is 0. The highest BCUT2D eigenvalue weighted by Gasteiger charge is 1.65. The molecule has 0 rings (SSSR count). The van der Waals surface area contributed by atoms with Gasteiger partial charge < -0.3 is 4.80 Å². The summed E-state index contributed by atoms with van der Waals surface area (Å²) in [6.07, 6.45) is 1.74. The highest BCUT2D eigenvalue weighted by molar-refractivity contribution is 6.25. The fraction of sp³-hybridized carbons (Fsp3) is 0.333. The van der Waals surface area contributed by atoms with Crippen LogP contribution in [0, 0.1) is 0 Å². The first-order chi connectivity index (χ1) is 2.41. The maximum atomic E-state index is 8.13. The molecule has 0 aliphatic carbocycles. The molecule has 33 valence electrons. The minimum Gasteiger partial charge on any atom is -0.438 e. The summed E-state index contributed by atoms with van der Waals surface area (Å²) in [5.74, 6) is 0. The summed E-state index contributed by atoms with van der Waals surface area (Å²) in [6.45, 7) is 3.43. The summed E-state index contributed by atoms with van der Waals surface area (Å²) < 4.78 is 0. The first-order valence-electron chi connectivity index (χ1n) is 1.63. The van der Waals surface area contributed by atoms with Crippen molar-refractivity contribution in [1.82, 2.24) is 0 Å². The Morgan fingerprint density at radius 2 is 2.33 bits per heavy atom. The molecule has 0 amide bonds. The number of hydrogen-bond donors (Lipinski definition) is 1. The van der Waals surface area contributed by atoms with Gasteiger partial charge in [0.2, 0.25) is 0 Å². The zero-order chi connectivity index (χ0) is 4.12. The minimum absolute atomic E-state index is 0. The summed E-state index contributed by atoms with van der Waals surface area (Å²) in [7, 11) is -0.704. The largest absolute Gasteiger partial charge is 0.438 e. The third kappa shape index (κ3) is 8.82. The van der Waals surface area contributed by atoms with Crippen molar-refractivity contribution in [2.45, 2.75) is 6.04 Å². The van der Waals surface area contributed by atoms with Crippen molar-refractivity contribution in [1.29, 1.82) is 0 Å². The molecule has 0 saturated heterocycles. The van der Waals surface area contributed by atoms with Crippen LogP contribution in [0.15, 0.2) is 12.7 Å². The van der Waals surface area contributed by atoms with Crippen LogP contribution in [0.1, 0.15) is 0 Å². The third-order valence-corrected chi connectivity index (χ3v) is 1.000. The normalized spacial score (nSPS) is 8.17. The van der Waals surface area contributed by atoms with Crippen molar-refractivity contribution in [2.75, 3.05) is 0 Å². The van der Waals surface area contributed by atoms with E-state index in [4.69, 9.17) is 4.80 Å². The lowest BCUT2D eigenvalue weighted by molar-refractivity contribution is 0.605. The molecule has 0 aliphatic heterocycles. The standard InChI is InChI=1S/C3H8OSi.Al/c1-2-3-5-4;/h2,4H,1,3,5H2;. The lowest BCUT2D eigenvalue weighted by Gasteiger charge is -1.71. The minimum atomic E-state index is -0.704. The summed E-state index contributed by atoms with van der Waals surface area (Å²) in [5, 5.41) is 0. The maximum absolute atomic E-state index is 8.13. The summed E-state index contributed by atoms with van der Waals surface area (Å²) in [5.41, 5.74) is 0. The molecule has 0 heterocycles. The van der Waals surface area contributed by atoms with E-state index in [0.29, 0.717) is 0 Å². The quantitative estimate of drug-likeness (QED) is 0.372. The monoisotopic (exact) mass is 115 g/mol. The Labute approximate surface area is 51.1 Å². The molecule has 0 aromatic carbocycles. The molecule has 0 atom stereocenters. The van der Waals surface area contributed by atoms with Gasteiger partial charge in [-0.05, 0) is 6.04 Å². The van der Waals surface area contributed by atoms with Gasteiger partial charge in [-0.2, -0.15) is 0 Å². The third-order valence-electron chi connectivity index (χ3n) is 0.333. The average Bonchev–Trinajstić information content (AvgIpc) is 1.41. The van der Waals surface area contributed by atoms with Crippen LogP contribution in [0.25, 0.3) is 0 Å². The van der Waals surface area contributed by atoms with Gasteiger partial charge in [-0.1, -0.05) is 6.08 Å². The molecule has 3 radical (unpaired) electrons. The fourth-order valence-electron chi connectivity index (χ4n) is 0.0913. The van der Waals surface area contributed by atoms with Crippen LogP contribution < -0.4 is 0 Å². The van der Waals surface area contributed by atoms with Crippen LogP contribution in [-0.4, -0.2) is 31.9 Å². The maximum Gasteiger partial charge on any atom is 0.160 e. The highest BCUT2D eigenvalue weighted by Crippen LogP contribution is 1.69. The second kappa shape index (κ2) is 9.07. The van der Waals surface area contributed by atoms with Crippen LogP contribution >= 0.6 is 0 Å². The van der Waals surface area contributed by atoms with Crippen LogP contribution in [0.4, 0.5) is 0 Å². The van der Waals surface area contributed by atoms with E-state index in [1.807, 2.05) is 0 Å². The van der Waals surface area contributed by atoms with Crippen LogP contribution in [0.2, 0.25) is 6.04 Å². The van der Waals surface area contributed by atoms with Crippen molar-refractivity contribution < 1.29 is 4.80 Å². The van der Waals surface area contributed by atoms with E-state index in [-0.39, 0.29) is 17.4 Å². The van der Waals surface area contributed by atoms with Gasteiger partial charge in [0, 0.05) is 17.4 Å². The topological polar surface area (TPSA) is 20.2 Å². The number of rotatable bonds is 2. The molecule has 0 saturated carbocycles. The van der Waals surface area contributed by atoms with E-state index in [1.165, 1.54) is 0 Å². The molecule has 1 N–H and O–H groups in total. The molecular weight excluding hydrogens is 107 g/mol. The van der Waals surface area contributed by atoms with Gasteiger partial charge in [0.1, 0.15) is 0 Å². The molecule has 6 heavy (non-hydrogen) atoms. The molecule has 3 heteroatoms. The van der Waals surface area contributed by atoms with Crippen molar-refractivity contribution in [3.8, 4) is 0 Å². The van der Waals surface area contributed by atoms with Crippen molar-refractivity contribution >= 4 is 27.1 Å². The lowest BCUT2D eigenvalue weighted by Crippen LogP contribution is -1.77. The SMILES string of the molecule is C=CC[SiH2]O.[Al]. The van der Waals surface area contributed by atoms with Gasteiger partial charge in [-0.25, -0.2) is 0 Å².